The fraction of sp³-hybridized carbons (Fsp3) is 0.500. The maximum absolute atomic E-state index is 5.49. The first-order valence-corrected chi connectivity index (χ1v) is 4.60. The first-order valence-electron chi connectivity index (χ1n) is 3.72. The van der Waals surface area contributed by atoms with Gasteiger partial charge < -0.3 is 11.1 Å². The Morgan fingerprint density at radius 3 is 2.91 bits per heavy atom. The van der Waals surface area contributed by atoms with Crippen LogP contribution in [0, 0.1) is 0 Å². The van der Waals surface area contributed by atoms with E-state index in [0.29, 0.717) is 12.6 Å². The maximum Gasteiger partial charge on any atom is 0.0297 e. The summed E-state index contributed by atoms with van der Waals surface area (Å²) in [5, 5.41) is 5.34. The van der Waals surface area contributed by atoms with Crippen LogP contribution in [0.2, 0.25) is 0 Å². The molecule has 0 aliphatic heterocycles. The minimum absolute atomic E-state index is 0.437. The summed E-state index contributed by atoms with van der Waals surface area (Å²) < 4.78 is 0. The smallest absolute Gasteiger partial charge is 0.0297 e. The Morgan fingerprint density at radius 2 is 2.45 bits per heavy atom. The van der Waals surface area contributed by atoms with Crippen LogP contribution in [-0.4, -0.2) is 7.05 Å². The lowest BCUT2D eigenvalue weighted by molar-refractivity contribution is 0.654. The van der Waals surface area contributed by atoms with E-state index in [1.165, 1.54) is 10.4 Å². The summed E-state index contributed by atoms with van der Waals surface area (Å²) in [4.78, 5) is 1.25. The third kappa shape index (κ3) is 2.02. The molecule has 62 valence electrons. The Bertz CT molecular complexity index is 220. The van der Waals surface area contributed by atoms with Crippen molar-refractivity contribution in [2.75, 3.05) is 7.05 Å². The standard InChI is InChI=1S/C8H14N2S/c1-6(10-2)7-3-8(4-9)11-5-7/h3,5-6,10H,4,9H2,1-2H3. The topological polar surface area (TPSA) is 38.0 Å². The average Bonchev–Trinajstić information content (AvgIpc) is 2.50. The maximum atomic E-state index is 5.49. The zero-order valence-electron chi connectivity index (χ0n) is 6.92. The Hall–Kier alpha value is -0.380. The van der Waals surface area contributed by atoms with Gasteiger partial charge in [-0.1, -0.05) is 0 Å². The minimum Gasteiger partial charge on any atom is -0.326 e. The van der Waals surface area contributed by atoms with Crippen molar-refractivity contribution in [2.24, 2.45) is 5.73 Å². The van der Waals surface area contributed by atoms with E-state index in [2.05, 4.69) is 23.7 Å². The zero-order valence-corrected chi connectivity index (χ0v) is 7.74. The molecule has 1 heterocycles. The van der Waals surface area contributed by atoms with Crippen LogP contribution in [0.25, 0.3) is 0 Å². The highest BCUT2D eigenvalue weighted by Gasteiger charge is 2.03. The third-order valence-corrected chi connectivity index (χ3v) is 2.79. The van der Waals surface area contributed by atoms with Crippen molar-refractivity contribution in [3.63, 3.8) is 0 Å². The van der Waals surface area contributed by atoms with Gasteiger partial charge in [-0.2, -0.15) is 0 Å². The molecule has 1 unspecified atom stereocenters. The van der Waals surface area contributed by atoms with E-state index >= 15 is 0 Å². The van der Waals surface area contributed by atoms with Gasteiger partial charge in [0, 0.05) is 17.5 Å². The largest absolute Gasteiger partial charge is 0.326 e. The fourth-order valence-corrected chi connectivity index (χ4v) is 1.76. The summed E-state index contributed by atoms with van der Waals surface area (Å²) >= 11 is 1.73. The lowest BCUT2D eigenvalue weighted by Crippen LogP contribution is -2.11. The van der Waals surface area contributed by atoms with E-state index < -0.39 is 0 Å². The monoisotopic (exact) mass is 170 g/mol. The van der Waals surface area contributed by atoms with Crippen LogP contribution >= 0.6 is 11.3 Å². The van der Waals surface area contributed by atoms with Gasteiger partial charge in [0.1, 0.15) is 0 Å². The molecule has 0 amide bonds. The number of rotatable bonds is 3. The first kappa shape index (κ1) is 8.71. The van der Waals surface area contributed by atoms with Crippen LogP contribution in [0.15, 0.2) is 11.4 Å². The molecule has 0 saturated heterocycles. The molecule has 0 spiro atoms. The number of hydrogen-bond donors (Lipinski definition) is 2. The molecule has 0 aliphatic carbocycles. The van der Waals surface area contributed by atoms with Crippen molar-refractivity contribution in [2.45, 2.75) is 19.5 Å². The van der Waals surface area contributed by atoms with Crippen LogP contribution in [0.4, 0.5) is 0 Å². The van der Waals surface area contributed by atoms with Gasteiger partial charge in [0.15, 0.2) is 0 Å². The van der Waals surface area contributed by atoms with Gasteiger partial charge in [0.05, 0.1) is 0 Å². The zero-order chi connectivity index (χ0) is 8.27. The molecule has 0 radical (unpaired) electrons. The molecular formula is C8H14N2S. The summed E-state index contributed by atoms with van der Waals surface area (Å²) in [5.74, 6) is 0. The lowest BCUT2D eigenvalue weighted by Gasteiger charge is -2.05. The lowest BCUT2D eigenvalue weighted by atomic mass is 10.2. The van der Waals surface area contributed by atoms with Crippen molar-refractivity contribution < 1.29 is 0 Å². The summed E-state index contributed by atoms with van der Waals surface area (Å²) in [7, 11) is 1.96. The molecule has 1 rings (SSSR count). The molecule has 1 aromatic rings. The van der Waals surface area contributed by atoms with E-state index in [1.807, 2.05) is 7.05 Å². The van der Waals surface area contributed by atoms with Crippen molar-refractivity contribution in [1.29, 1.82) is 0 Å². The molecule has 11 heavy (non-hydrogen) atoms. The predicted molar refractivity (Wildman–Crippen MR) is 49.7 cm³/mol. The van der Waals surface area contributed by atoms with Crippen molar-refractivity contribution in [3.8, 4) is 0 Å². The molecule has 0 saturated carbocycles. The molecule has 0 fully saturated rings. The van der Waals surface area contributed by atoms with E-state index in [1.54, 1.807) is 11.3 Å². The van der Waals surface area contributed by atoms with Gasteiger partial charge >= 0.3 is 0 Å². The van der Waals surface area contributed by atoms with Gasteiger partial charge in [-0.25, -0.2) is 0 Å². The first-order chi connectivity index (χ1) is 5.27. The normalized spacial score (nSPS) is 13.4. The quantitative estimate of drug-likeness (QED) is 0.721. The second-order valence-corrected chi connectivity index (χ2v) is 3.56. The van der Waals surface area contributed by atoms with Crippen LogP contribution in [0.5, 0.6) is 0 Å². The van der Waals surface area contributed by atoms with Crippen LogP contribution in [0.1, 0.15) is 23.4 Å². The van der Waals surface area contributed by atoms with Gasteiger partial charge in [0.2, 0.25) is 0 Å². The van der Waals surface area contributed by atoms with E-state index in [4.69, 9.17) is 5.73 Å². The summed E-state index contributed by atoms with van der Waals surface area (Å²) in [6.45, 7) is 2.80. The number of nitrogens with two attached hydrogens (primary N) is 1. The highest BCUT2D eigenvalue weighted by Crippen LogP contribution is 2.19. The van der Waals surface area contributed by atoms with Gasteiger partial charge in [-0.3, -0.25) is 0 Å². The van der Waals surface area contributed by atoms with Crippen LogP contribution < -0.4 is 11.1 Å². The summed E-state index contributed by atoms with van der Waals surface area (Å²) in [6.07, 6.45) is 0. The van der Waals surface area contributed by atoms with E-state index in [9.17, 15) is 0 Å². The third-order valence-electron chi connectivity index (χ3n) is 1.81. The number of hydrogen-bond acceptors (Lipinski definition) is 3. The van der Waals surface area contributed by atoms with E-state index in [-0.39, 0.29) is 0 Å². The molecule has 3 heteroatoms. The minimum atomic E-state index is 0.437. The van der Waals surface area contributed by atoms with Crippen molar-refractivity contribution in [1.82, 2.24) is 5.32 Å². The van der Waals surface area contributed by atoms with Gasteiger partial charge in [-0.15, -0.1) is 11.3 Å². The van der Waals surface area contributed by atoms with E-state index in [0.717, 1.165) is 0 Å². The van der Waals surface area contributed by atoms with Crippen molar-refractivity contribution >= 4 is 11.3 Å². The molecule has 1 atom stereocenters. The molecule has 0 aliphatic rings. The Morgan fingerprint density at radius 1 is 1.73 bits per heavy atom. The molecule has 3 N–H and O–H groups in total. The second kappa shape index (κ2) is 3.85. The van der Waals surface area contributed by atoms with Gasteiger partial charge in [0.25, 0.3) is 0 Å². The van der Waals surface area contributed by atoms with Crippen molar-refractivity contribution in [3.05, 3.63) is 21.9 Å². The SMILES string of the molecule is CNC(C)c1csc(CN)c1. The molecule has 2 nitrogen and oxygen atoms in total. The predicted octanol–water partition coefficient (Wildman–Crippen LogP) is 1.49. The Kier molecular flexibility index (Phi) is 3.05. The number of nitrogens with one attached hydrogen (secondary N) is 1. The van der Waals surface area contributed by atoms with Gasteiger partial charge in [-0.05, 0) is 31.0 Å². The molecule has 1 aromatic heterocycles. The fourth-order valence-electron chi connectivity index (χ4n) is 0.898. The molecule has 0 aromatic carbocycles. The summed E-state index contributed by atoms with van der Waals surface area (Å²) in [6, 6.07) is 2.60. The van der Waals surface area contributed by atoms with Crippen LogP contribution in [0.3, 0.4) is 0 Å². The highest BCUT2D eigenvalue weighted by molar-refractivity contribution is 7.10. The average molecular weight is 170 g/mol. The molecule has 0 bridgehead atoms. The Balaban J connectivity index is 2.71. The summed E-state index contributed by atoms with van der Waals surface area (Å²) in [5.41, 5.74) is 6.83. The molecular weight excluding hydrogens is 156 g/mol. The van der Waals surface area contributed by atoms with Crippen LogP contribution in [-0.2, 0) is 6.54 Å². The highest BCUT2D eigenvalue weighted by atomic mass is 32.1. The number of thiophene rings is 1. The second-order valence-electron chi connectivity index (χ2n) is 2.56. The Labute approximate surface area is 71.4 Å².